The maximum absolute atomic E-state index is 16.4. The highest BCUT2D eigenvalue weighted by Gasteiger charge is 2.52. The van der Waals surface area contributed by atoms with Crippen LogP contribution >= 0.6 is 23.2 Å². The van der Waals surface area contributed by atoms with Crippen LogP contribution in [0.5, 0.6) is 57.5 Å². The first-order valence-electron chi connectivity index (χ1n) is 39.1. The van der Waals surface area contributed by atoms with Crippen molar-refractivity contribution >= 4 is 70.5 Å². The van der Waals surface area contributed by atoms with Crippen molar-refractivity contribution in [3.63, 3.8) is 0 Å². The van der Waals surface area contributed by atoms with Crippen molar-refractivity contribution in [2.45, 2.75) is 169 Å². The Kier molecular flexibility index (Phi) is 27.2. The second kappa shape index (κ2) is 37.7. The van der Waals surface area contributed by atoms with Crippen LogP contribution in [0.1, 0.15) is 116 Å². The Balaban J connectivity index is 0.978. The number of fused-ring (bicyclic) bond motifs is 15. The van der Waals surface area contributed by atoms with E-state index in [0.29, 0.717) is 17.1 Å². The van der Waals surface area contributed by atoms with Crippen molar-refractivity contribution in [3.8, 4) is 68.6 Å². The third-order valence-electron chi connectivity index (χ3n) is 21.7. The number of amides is 8. The van der Waals surface area contributed by atoms with Crippen LogP contribution in [0.25, 0.3) is 11.1 Å². The number of nitrogens with one attached hydrogen (secondary N) is 9. The second-order valence-electron chi connectivity index (χ2n) is 30.9. The summed E-state index contributed by atoms with van der Waals surface area (Å²) in [4.78, 5) is 121. The van der Waals surface area contributed by atoms with Crippen molar-refractivity contribution in [2.75, 3.05) is 13.7 Å². The number of carbonyl (C=O) groups is 8. The number of carbonyl (C=O) groups excluding carboxylic acids is 8. The fourth-order valence-electron chi connectivity index (χ4n) is 15.1. The number of nitrogens with two attached hydrogens (primary N) is 1. The Labute approximate surface area is 708 Å². The van der Waals surface area contributed by atoms with E-state index >= 15 is 24.0 Å². The first-order valence-corrected chi connectivity index (χ1v) is 39.8. The van der Waals surface area contributed by atoms with Crippen LogP contribution in [-0.4, -0.2) is 186 Å². The minimum absolute atomic E-state index is 0.105. The summed E-state index contributed by atoms with van der Waals surface area (Å²) in [5.41, 5.74) is 3.59. The molecule has 0 radical (unpaired) electrons. The molecule has 15 rings (SSSR count). The second-order valence-corrected chi connectivity index (χ2v) is 31.7. The van der Waals surface area contributed by atoms with Crippen molar-refractivity contribution in [1.82, 2.24) is 47.9 Å². The van der Waals surface area contributed by atoms with Crippen LogP contribution in [0.2, 0.25) is 10.0 Å². The van der Waals surface area contributed by atoms with Crippen molar-refractivity contribution in [3.05, 3.63) is 213 Å². The number of likely N-dealkylation sites (N-methyl/N-ethyl adjacent to an activating group) is 1. The van der Waals surface area contributed by atoms with E-state index in [1.807, 2.05) is 56.3 Å². The number of hydrogen-bond donors (Lipinski definition) is 19. The minimum Gasteiger partial charge on any atom is -0.508 e. The average Bonchev–Trinajstić information content (AvgIpc) is 0.766. The van der Waals surface area contributed by atoms with E-state index in [0.717, 1.165) is 60.2 Å². The number of benzene rings is 8. The van der Waals surface area contributed by atoms with Gasteiger partial charge in [-0.05, 0) is 151 Å². The predicted octanol–water partition coefficient (Wildman–Crippen LogP) is 4.96. The van der Waals surface area contributed by atoms with Crippen LogP contribution in [0.15, 0.2) is 164 Å². The molecule has 2 fully saturated rings. The Morgan fingerprint density at radius 2 is 1.24 bits per heavy atom. The summed E-state index contributed by atoms with van der Waals surface area (Å²) in [5.74, 6) is -13.5. The van der Waals surface area contributed by atoms with Gasteiger partial charge >= 0.3 is 0 Å². The summed E-state index contributed by atoms with van der Waals surface area (Å²) in [6.45, 7) is 5.99. The summed E-state index contributed by atoms with van der Waals surface area (Å²) in [5, 5.41) is 131. The number of rotatable bonds is 20. The molecule has 644 valence electrons. The third kappa shape index (κ3) is 19.7. The minimum atomic E-state index is -2.36. The molecule has 11 bridgehead atoms. The molecule has 8 aromatic carbocycles. The van der Waals surface area contributed by atoms with Gasteiger partial charge in [0.1, 0.15) is 107 Å². The highest BCUT2D eigenvalue weighted by atomic mass is 35.5. The van der Waals surface area contributed by atoms with E-state index in [1.165, 1.54) is 31.3 Å². The summed E-state index contributed by atoms with van der Waals surface area (Å²) in [6, 6.07) is 25.3. The highest BCUT2D eigenvalue weighted by Crippen LogP contribution is 2.50. The van der Waals surface area contributed by atoms with Crippen LogP contribution in [0.3, 0.4) is 0 Å². The standard InChI is InChI=1S/C86H92Cl2N10O24/c1-39(2)26-54(90-5)78(109)97-69-71(104)44-19-24-58(52(87)28-44)118-60-30-46-31-61(75(60)122-85-76(74(107)73(106)62(38-99)120-85)121-64-35-86(4,77(108)40(3)116-64)92-37-42-16-21-49(22-17-42)117-48-14-10-7-11-15-48)119-59-25-20-45(29-53(59)88)72(105)70-84(115)96-68(80(111)91-36-41-12-8-6-9-13-41)51-32-47(100)33-57(102)65(51)50-27-43(18-23-56(50)101)66(81(112)98-70)95-82(113)67(46)94-79(110)55(34-63(89)103)93-83(69)114/h6-25,27-33,39-40,54-55,62,64,66-74,76-77,85,90,92,99-102,104-108H,26,34-38H2,1-5H3,(H2,89,103)(H,91,111)(H,93,114)(H,94,110)(H,95,113)(H,96,115)(H,97,109)(H,98,112)/t40-,54+,55-,62+,64-,66+,67+,68-,69+,70-,71+,72+,73+,74-,76+,77-,85-,86-/m0/s1. The molecule has 8 aromatic rings. The molecule has 18 atom stereocenters. The molecule has 7 aliphatic heterocycles. The fourth-order valence-corrected chi connectivity index (χ4v) is 15.6. The van der Waals surface area contributed by atoms with Gasteiger partial charge in [-0.1, -0.05) is 116 Å². The first kappa shape index (κ1) is 88.1. The summed E-state index contributed by atoms with van der Waals surface area (Å²) >= 11 is 14.4. The Morgan fingerprint density at radius 3 is 1.87 bits per heavy atom. The number of halogens is 2. The SMILES string of the molecule is CN[C@H](CC(C)C)C(=O)N[C@H]1C(=O)N[C@@H](CC(N)=O)C(=O)N[C@H]2C(=O)N[C@H]3C(=O)N[C@H](C(=O)N[C@H](C(=O)NCc4ccccc4)c4cc(O)cc(O)c4-c4cc3ccc4O)[C@H](O)c3ccc(c(Cl)c3)Oc3cc2cc(c3O[C@@H]2O[C@H](CO)[C@@H](O)[C@H](O)[C@H]2O[C@H]2C[C@](C)(NCc3ccc(Oc4ccccc4)cc3)[C@@H](O)[C@H](C)O2)Oc2ccc(cc2Cl)[C@H]1O. The Hall–Kier alpha value is -11.7. The van der Waals surface area contributed by atoms with E-state index < -0.39 is 220 Å². The van der Waals surface area contributed by atoms with Gasteiger partial charge in [-0.2, -0.15) is 0 Å². The van der Waals surface area contributed by atoms with E-state index in [-0.39, 0.29) is 76.2 Å². The van der Waals surface area contributed by atoms with Gasteiger partial charge in [0.2, 0.25) is 59.3 Å². The number of para-hydroxylation sites is 1. The number of primary amides is 1. The van der Waals surface area contributed by atoms with Gasteiger partial charge < -0.3 is 133 Å². The molecular formula is C86H92Cl2N10O24. The molecule has 0 aromatic heterocycles. The van der Waals surface area contributed by atoms with Gasteiger partial charge in [-0.15, -0.1) is 0 Å². The lowest BCUT2D eigenvalue weighted by molar-refractivity contribution is -0.334. The lowest BCUT2D eigenvalue weighted by Crippen LogP contribution is -2.65. The number of phenols is 3. The number of aliphatic hydroxyl groups excluding tert-OH is 6. The van der Waals surface area contributed by atoms with Gasteiger partial charge in [-0.25, -0.2) is 0 Å². The zero-order chi connectivity index (χ0) is 87.3. The van der Waals surface area contributed by atoms with Gasteiger partial charge in [0.15, 0.2) is 23.9 Å². The topological polar surface area (TPSA) is 518 Å². The summed E-state index contributed by atoms with van der Waals surface area (Å²) in [7, 11) is 1.48. The van der Waals surface area contributed by atoms with Crippen LogP contribution in [0, 0.1) is 5.92 Å². The fraction of sp³-hybridized carbons (Fsp3) is 0.349. The Bertz CT molecular complexity index is 5240. The molecule has 2 saturated heterocycles. The number of hydrogen-bond acceptors (Lipinski definition) is 26. The van der Waals surface area contributed by atoms with E-state index in [2.05, 4.69) is 47.9 Å². The largest absolute Gasteiger partial charge is 0.508 e. The average molecular weight is 1720 g/mol. The molecule has 7 aliphatic rings. The van der Waals surface area contributed by atoms with Crippen LogP contribution in [-0.2, 0) is 65.7 Å². The molecule has 7 heterocycles. The molecular weight excluding hydrogens is 1630 g/mol. The van der Waals surface area contributed by atoms with Crippen LogP contribution < -0.4 is 72.5 Å². The molecule has 0 saturated carbocycles. The van der Waals surface area contributed by atoms with Gasteiger partial charge in [0, 0.05) is 42.2 Å². The molecule has 0 spiro atoms. The zero-order valence-electron chi connectivity index (χ0n) is 66.2. The van der Waals surface area contributed by atoms with Crippen molar-refractivity contribution in [2.24, 2.45) is 11.7 Å². The van der Waals surface area contributed by atoms with Crippen molar-refractivity contribution in [1.29, 1.82) is 0 Å². The number of ether oxygens (including phenoxy) is 7. The smallest absolute Gasteiger partial charge is 0.248 e. The monoisotopic (exact) mass is 1720 g/mol. The molecule has 122 heavy (non-hydrogen) atoms. The molecule has 36 heteroatoms. The zero-order valence-corrected chi connectivity index (χ0v) is 67.7. The quantitative estimate of drug-likeness (QED) is 0.0479. The molecule has 20 N–H and O–H groups in total. The van der Waals surface area contributed by atoms with Gasteiger partial charge in [-0.3, -0.25) is 38.4 Å². The van der Waals surface area contributed by atoms with Gasteiger partial charge in [0.25, 0.3) is 0 Å². The van der Waals surface area contributed by atoms with Crippen LogP contribution in [0.4, 0.5) is 0 Å². The number of aliphatic hydroxyl groups is 6. The molecule has 0 aliphatic carbocycles. The maximum Gasteiger partial charge on any atom is 0.248 e. The van der Waals surface area contributed by atoms with E-state index in [9.17, 15) is 60.3 Å². The predicted molar refractivity (Wildman–Crippen MR) is 436 cm³/mol. The number of phenolic OH excluding ortho intramolecular Hbond substituents is 3. The molecule has 8 amide bonds. The highest BCUT2D eigenvalue weighted by molar-refractivity contribution is 6.32. The summed E-state index contributed by atoms with van der Waals surface area (Å²) in [6.07, 6.45) is -18.6. The maximum atomic E-state index is 16.4. The normalized spacial score (nSPS) is 26.3. The summed E-state index contributed by atoms with van der Waals surface area (Å²) < 4.78 is 45.7. The van der Waals surface area contributed by atoms with Gasteiger partial charge in [0.05, 0.1) is 41.3 Å². The lowest BCUT2D eigenvalue weighted by Gasteiger charge is -2.48. The third-order valence-corrected chi connectivity index (χ3v) is 22.2. The van der Waals surface area contributed by atoms with E-state index in [4.69, 9.17) is 62.1 Å². The Morgan fingerprint density at radius 1 is 0.631 bits per heavy atom. The van der Waals surface area contributed by atoms with E-state index in [1.54, 1.807) is 56.3 Å². The molecule has 0 unspecified atom stereocenters. The number of aromatic hydroxyl groups is 3. The lowest BCUT2D eigenvalue weighted by atomic mass is 9.84. The molecule has 34 nitrogen and oxygen atoms in total. The first-order chi connectivity index (χ1) is 58.2. The van der Waals surface area contributed by atoms with Crippen molar-refractivity contribution < 1.29 is 117 Å².